The van der Waals surface area contributed by atoms with Crippen LogP contribution in [0.25, 0.3) is 16.8 Å². The number of nitrogens with zero attached hydrogens (tertiary/aromatic N) is 3. The quantitative estimate of drug-likeness (QED) is 0.774. The van der Waals surface area contributed by atoms with Gasteiger partial charge in [0.2, 0.25) is 0 Å². The fraction of sp³-hybridized carbons (Fsp3) is 0.158. The maximum atomic E-state index is 12.6. The third-order valence-corrected chi connectivity index (χ3v) is 4.28. The lowest BCUT2D eigenvalue weighted by molar-refractivity contribution is 0.0749. The lowest BCUT2D eigenvalue weighted by Crippen LogP contribution is -2.44. The summed E-state index contributed by atoms with van der Waals surface area (Å²) in [5, 5.41) is 7.56. The summed E-state index contributed by atoms with van der Waals surface area (Å²) in [6, 6.07) is 11.8. The predicted molar refractivity (Wildman–Crippen MR) is 96.4 cm³/mol. The molecule has 2 N–H and O–H groups in total. The van der Waals surface area contributed by atoms with E-state index in [9.17, 15) is 4.79 Å². The van der Waals surface area contributed by atoms with Crippen LogP contribution in [0.5, 0.6) is 0 Å². The fourth-order valence-corrected chi connectivity index (χ4v) is 2.95. The van der Waals surface area contributed by atoms with Crippen LogP contribution in [0.4, 0.5) is 0 Å². The molecule has 0 atom stereocenters. The van der Waals surface area contributed by atoms with Gasteiger partial charge in [-0.15, -0.1) is 0 Å². The molecule has 1 amide bonds. The van der Waals surface area contributed by atoms with Crippen LogP contribution < -0.4 is 5.32 Å². The minimum Gasteiger partial charge on any atom is -0.386 e. The zero-order chi connectivity index (χ0) is 17.2. The molecular weight excluding hydrogens is 314 g/mol. The fourth-order valence-electron chi connectivity index (χ4n) is 2.95. The normalized spacial score (nSPS) is 14.4. The van der Waals surface area contributed by atoms with Crippen LogP contribution in [-0.4, -0.2) is 45.2 Å². The number of rotatable bonds is 3. The van der Waals surface area contributed by atoms with E-state index in [2.05, 4.69) is 22.0 Å². The Labute approximate surface area is 145 Å². The van der Waals surface area contributed by atoms with Crippen LogP contribution in [0.15, 0.2) is 67.3 Å². The average molecular weight is 333 g/mol. The molecule has 1 fully saturated rings. The second-order valence-corrected chi connectivity index (χ2v) is 6.07. The monoisotopic (exact) mass is 333 g/mol. The van der Waals surface area contributed by atoms with E-state index >= 15 is 0 Å². The van der Waals surface area contributed by atoms with E-state index in [-0.39, 0.29) is 5.91 Å². The maximum Gasteiger partial charge on any atom is 0.270 e. The Bertz CT molecular complexity index is 909. The zero-order valence-electron chi connectivity index (χ0n) is 13.8. The number of hydrogen-bond acceptors (Lipinski definition) is 3. The minimum atomic E-state index is -0.00986. The molecule has 6 nitrogen and oxygen atoms in total. The van der Waals surface area contributed by atoms with Crippen molar-refractivity contribution in [2.75, 3.05) is 19.6 Å². The van der Waals surface area contributed by atoms with Crippen molar-refractivity contribution in [2.45, 2.75) is 0 Å². The van der Waals surface area contributed by atoms with Crippen LogP contribution in [0, 0.1) is 0 Å². The Morgan fingerprint density at radius 1 is 1.20 bits per heavy atom. The van der Waals surface area contributed by atoms with Gasteiger partial charge in [0.1, 0.15) is 5.69 Å². The van der Waals surface area contributed by atoms with Gasteiger partial charge in [-0.25, -0.2) is 4.68 Å². The first-order chi connectivity index (χ1) is 12.2. The number of nitrogens with one attached hydrogen (secondary N) is 2. The topological polar surface area (TPSA) is 66.0 Å². The minimum absolute atomic E-state index is 0.00986. The Morgan fingerprint density at radius 3 is 2.84 bits per heavy atom. The highest BCUT2D eigenvalue weighted by Crippen LogP contribution is 2.22. The number of benzene rings is 1. The third kappa shape index (κ3) is 3.06. The van der Waals surface area contributed by atoms with Gasteiger partial charge in [-0.3, -0.25) is 4.79 Å². The SMILES string of the molecule is C=C1CN(C(=O)c2cc(-c3cnn(-c4ccccc4)c3)c[nH]2)CCN1. The lowest BCUT2D eigenvalue weighted by Gasteiger charge is -2.28. The summed E-state index contributed by atoms with van der Waals surface area (Å²) < 4.78 is 1.82. The Morgan fingerprint density at radius 2 is 2.04 bits per heavy atom. The molecule has 0 saturated carbocycles. The van der Waals surface area contributed by atoms with Crippen molar-refractivity contribution in [3.63, 3.8) is 0 Å². The molecule has 0 unspecified atom stereocenters. The van der Waals surface area contributed by atoms with E-state index in [0.29, 0.717) is 18.8 Å². The summed E-state index contributed by atoms with van der Waals surface area (Å²) >= 11 is 0. The number of aromatic nitrogens is 3. The second-order valence-electron chi connectivity index (χ2n) is 6.07. The summed E-state index contributed by atoms with van der Waals surface area (Å²) in [7, 11) is 0. The summed E-state index contributed by atoms with van der Waals surface area (Å²) in [4.78, 5) is 17.5. The first kappa shape index (κ1) is 15.3. The molecular formula is C19H19N5O. The zero-order valence-corrected chi connectivity index (χ0v) is 13.8. The molecule has 1 aromatic carbocycles. The van der Waals surface area contributed by atoms with Crippen molar-refractivity contribution in [1.29, 1.82) is 0 Å². The molecule has 126 valence electrons. The number of H-pyrrole nitrogens is 1. The molecule has 0 spiro atoms. The molecule has 1 saturated heterocycles. The van der Waals surface area contributed by atoms with Crippen molar-refractivity contribution >= 4 is 5.91 Å². The van der Waals surface area contributed by atoms with E-state index in [1.165, 1.54) is 0 Å². The summed E-state index contributed by atoms with van der Waals surface area (Å²) in [6.07, 6.45) is 5.60. The molecule has 3 heterocycles. The van der Waals surface area contributed by atoms with Crippen LogP contribution in [0.2, 0.25) is 0 Å². The summed E-state index contributed by atoms with van der Waals surface area (Å²) in [6.45, 7) is 5.86. The van der Waals surface area contributed by atoms with Gasteiger partial charge in [0, 0.05) is 42.3 Å². The highest BCUT2D eigenvalue weighted by molar-refractivity contribution is 5.94. The number of carbonyl (C=O) groups excluding carboxylic acids is 1. The third-order valence-electron chi connectivity index (χ3n) is 4.28. The average Bonchev–Trinajstić information content (AvgIpc) is 3.31. The smallest absolute Gasteiger partial charge is 0.270 e. The van der Waals surface area contributed by atoms with Gasteiger partial charge >= 0.3 is 0 Å². The van der Waals surface area contributed by atoms with Crippen LogP contribution in [0.1, 0.15) is 10.5 Å². The van der Waals surface area contributed by atoms with Crippen LogP contribution >= 0.6 is 0 Å². The largest absolute Gasteiger partial charge is 0.386 e. The number of aromatic amines is 1. The van der Waals surface area contributed by atoms with E-state index < -0.39 is 0 Å². The van der Waals surface area contributed by atoms with Gasteiger partial charge in [0.15, 0.2) is 0 Å². The lowest BCUT2D eigenvalue weighted by atomic mass is 10.2. The number of para-hydroxylation sites is 1. The molecule has 25 heavy (non-hydrogen) atoms. The first-order valence-electron chi connectivity index (χ1n) is 8.20. The molecule has 0 bridgehead atoms. The van der Waals surface area contributed by atoms with E-state index in [4.69, 9.17) is 0 Å². The Balaban J connectivity index is 1.54. The van der Waals surface area contributed by atoms with Crippen molar-refractivity contribution in [3.8, 4) is 16.8 Å². The number of carbonyl (C=O) groups is 1. The van der Waals surface area contributed by atoms with Crippen molar-refractivity contribution in [3.05, 3.63) is 73.0 Å². The molecule has 2 aromatic heterocycles. The second kappa shape index (κ2) is 6.32. The molecule has 0 radical (unpaired) electrons. The van der Waals surface area contributed by atoms with Gasteiger partial charge in [-0.1, -0.05) is 24.8 Å². The molecule has 1 aliphatic rings. The molecule has 6 heteroatoms. The maximum absolute atomic E-state index is 12.6. The summed E-state index contributed by atoms with van der Waals surface area (Å²) in [5.74, 6) is -0.00986. The molecule has 3 aromatic rings. The van der Waals surface area contributed by atoms with Crippen molar-refractivity contribution < 1.29 is 4.79 Å². The first-order valence-corrected chi connectivity index (χ1v) is 8.20. The number of amides is 1. The van der Waals surface area contributed by atoms with Gasteiger partial charge in [0.25, 0.3) is 5.91 Å². The highest BCUT2D eigenvalue weighted by Gasteiger charge is 2.21. The molecule has 1 aliphatic heterocycles. The Hall–Kier alpha value is -3.28. The highest BCUT2D eigenvalue weighted by atomic mass is 16.2. The molecule has 4 rings (SSSR count). The number of hydrogen-bond donors (Lipinski definition) is 2. The van der Waals surface area contributed by atoms with Gasteiger partial charge < -0.3 is 15.2 Å². The molecule has 0 aliphatic carbocycles. The van der Waals surface area contributed by atoms with Crippen molar-refractivity contribution in [1.82, 2.24) is 25.0 Å². The summed E-state index contributed by atoms with van der Waals surface area (Å²) in [5.41, 5.74) is 4.36. The van der Waals surface area contributed by atoms with Gasteiger partial charge in [-0.2, -0.15) is 5.10 Å². The standard InChI is InChI=1S/C19H19N5O/c1-14-12-23(8-7-20-14)19(25)18-9-15(10-21-18)16-11-22-24(13-16)17-5-3-2-4-6-17/h2-6,9-11,13,20-21H,1,7-8,12H2. The Kier molecular flexibility index (Phi) is 3.85. The van der Waals surface area contributed by atoms with E-state index in [1.807, 2.05) is 53.5 Å². The van der Waals surface area contributed by atoms with Gasteiger partial charge in [0.05, 0.1) is 18.4 Å². The van der Waals surface area contributed by atoms with Gasteiger partial charge in [-0.05, 0) is 18.2 Å². The predicted octanol–water partition coefficient (Wildman–Crippen LogP) is 2.43. The van der Waals surface area contributed by atoms with E-state index in [1.54, 1.807) is 11.1 Å². The van der Waals surface area contributed by atoms with Crippen LogP contribution in [0.3, 0.4) is 0 Å². The van der Waals surface area contributed by atoms with Crippen molar-refractivity contribution in [2.24, 2.45) is 0 Å². The van der Waals surface area contributed by atoms with E-state index in [0.717, 1.165) is 29.1 Å². The van der Waals surface area contributed by atoms with Crippen LogP contribution in [-0.2, 0) is 0 Å². The number of piperazine rings is 1.